The third kappa shape index (κ3) is 7.44. The summed E-state index contributed by atoms with van der Waals surface area (Å²) in [7, 11) is -1.08. The Morgan fingerprint density at radius 1 is 0.844 bits per heavy atom. The molecule has 8 nitrogen and oxygen atoms in total. The van der Waals surface area contributed by atoms with Gasteiger partial charge in [0, 0.05) is 29.2 Å². The summed E-state index contributed by atoms with van der Waals surface area (Å²) in [6, 6.07) is 31.5. The van der Waals surface area contributed by atoms with Crippen molar-refractivity contribution >= 4 is 44.0 Å². The topological polar surface area (TPSA) is 109 Å². The van der Waals surface area contributed by atoms with E-state index in [-0.39, 0.29) is 30.3 Å². The van der Waals surface area contributed by atoms with Crippen molar-refractivity contribution in [2.45, 2.75) is 24.4 Å². The molecule has 10 heteroatoms. The highest BCUT2D eigenvalue weighted by atomic mass is 35.5. The molecule has 45 heavy (non-hydrogen) atoms. The van der Waals surface area contributed by atoms with Gasteiger partial charge in [-0.15, -0.1) is 0 Å². The Labute approximate surface area is 267 Å². The molecule has 0 radical (unpaired) electrons. The van der Waals surface area contributed by atoms with Crippen LogP contribution >= 0.6 is 11.6 Å². The van der Waals surface area contributed by atoms with Crippen LogP contribution in [0, 0.1) is 11.3 Å². The Balaban J connectivity index is 1.58. The molecule has 0 bridgehead atoms. The van der Waals surface area contributed by atoms with Crippen LogP contribution in [0.4, 0.5) is 5.69 Å². The zero-order valence-corrected chi connectivity index (χ0v) is 26.2. The number of carbonyl (C=O) groups is 1. The van der Waals surface area contributed by atoms with Crippen LogP contribution in [-0.2, 0) is 34.3 Å². The standard InChI is InChI=1S/C35H30ClN3O5S/c1-43-30-13-8-24(9-14-30)22-39(23-25-10-15-31(44-2)16-11-25)45(41,42)34-20-29(18-27-12-7-26(21-37)17-32(27)34)38-35(40)19-28-5-3-4-6-33(28)36/h3-18,20H,19,22-23H2,1-2H3,(H,38,40). The third-order valence-corrected chi connectivity index (χ3v) is 9.49. The maximum absolute atomic E-state index is 14.6. The van der Waals surface area contributed by atoms with Crippen molar-refractivity contribution in [2.75, 3.05) is 19.5 Å². The minimum atomic E-state index is -4.22. The van der Waals surface area contributed by atoms with Gasteiger partial charge in [0.05, 0.1) is 37.2 Å². The molecule has 0 aromatic heterocycles. The Bertz CT molecular complexity index is 1940. The number of ether oxygens (including phenoxy) is 2. The van der Waals surface area contributed by atoms with E-state index < -0.39 is 10.0 Å². The second-order valence-electron chi connectivity index (χ2n) is 10.3. The van der Waals surface area contributed by atoms with E-state index in [1.807, 2.05) is 24.3 Å². The highest BCUT2D eigenvalue weighted by Crippen LogP contribution is 2.33. The summed E-state index contributed by atoms with van der Waals surface area (Å²) >= 11 is 6.26. The van der Waals surface area contributed by atoms with Crippen molar-refractivity contribution in [1.29, 1.82) is 5.26 Å². The highest BCUT2D eigenvalue weighted by molar-refractivity contribution is 7.89. The molecule has 0 atom stereocenters. The average Bonchev–Trinajstić information content (AvgIpc) is 3.05. The molecule has 0 saturated heterocycles. The zero-order valence-electron chi connectivity index (χ0n) is 24.7. The summed E-state index contributed by atoms with van der Waals surface area (Å²) in [5, 5.41) is 13.8. The molecule has 228 valence electrons. The molecular formula is C35H30ClN3O5S. The van der Waals surface area contributed by atoms with Gasteiger partial charge in [-0.3, -0.25) is 4.79 Å². The van der Waals surface area contributed by atoms with Gasteiger partial charge in [-0.05, 0) is 76.7 Å². The van der Waals surface area contributed by atoms with E-state index in [1.54, 1.807) is 87.0 Å². The summed E-state index contributed by atoms with van der Waals surface area (Å²) in [6.07, 6.45) is 0.00816. The van der Waals surface area contributed by atoms with Crippen LogP contribution < -0.4 is 14.8 Å². The fourth-order valence-corrected chi connectivity index (χ4v) is 6.78. The van der Waals surface area contributed by atoms with E-state index in [2.05, 4.69) is 11.4 Å². The first-order valence-corrected chi connectivity index (χ1v) is 15.8. The van der Waals surface area contributed by atoms with E-state index in [4.69, 9.17) is 21.1 Å². The van der Waals surface area contributed by atoms with Crippen LogP contribution in [0.15, 0.2) is 108 Å². The third-order valence-electron chi connectivity index (χ3n) is 7.29. The second-order valence-corrected chi connectivity index (χ2v) is 12.6. The molecule has 5 rings (SSSR count). The van der Waals surface area contributed by atoms with E-state index in [0.29, 0.717) is 44.1 Å². The highest BCUT2D eigenvalue weighted by Gasteiger charge is 2.28. The van der Waals surface area contributed by atoms with Crippen LogP contribution in [-0.4, -0.2) is 32.8 Å². The summed E-state index contributed by atoms with van der Waals surface area (Å²) in [6.45, 7) is 0.113. The number of carbonyl (C=O) groups excluding carboxylic acids is 1. The van der Waals surface area contributed by atoms with Gasteiger partial charge in [-0.1, -0.05) is 60.1 Å². The summed E-state index contributed by atoms with van der Waals surface area (Å²) < 4.78 is 41.2. The molecule has 1 amide bonds. The molecule has 5 aromatic rings. The van der Waals surface area contributed by atoms with Gasteiger partial charge in [-0.25, -0.2) is 8.42 Å². The number of nitrogens with zero attached hydrogens (tertiary/aromatic N) is 2. The smallest absolute Gasteiger partial charge is 0.244 e. The fraction of sp³-hybridized carbons (Fsp3) is 0.143. The predicted octanol–water partition coefficient (Wildman–Crippen LogP) is 6.95. The monoisotopic (exact) mass is 639 g/mol. The number of benzene rings is 5. The summed E-state index contributed by atoms with van der Waals surface area (Å²) in [5.74, 6) is 0.949. The largest absolute Gasteiger partial charge is 0.497 e. The van der Waals surface area contributed by atoms with Gasteiger partial charge in [-0.2, -0.15) is 9.57 Å². The number of amides is 1. The van der Waals surface area contributed by atoms with Crippen molar-refractivity contribution in [2.24, 2.45) is 0 Å². The molecule has 0 aliphatic rings. The molecule has 0 saturated carbocycles. The number of hydrogen-bond acceptors (Lipinski definition) is 6. The molecule has 0 aliphatic heterocycles. The normalized spacial score (nSPS) is 11.3. The van der Waals surface area contributed by atoms with Gasteiger partial charge < -0.3 is 14.8 Å². The first-order valence-electron chi connectivity index (χ1n) is 14.0. The van der Waals surface area contributed by atoms with Gasteiger partial charge in [0.15, 0.2) is 0 Å². The number of nitrogens with one attached hydrogen (secondary N) is 1. The number of methoxy groups -OCH3 is 2. The van der Waals surface area contributed by atoms with Crippen molar-refractivity contribution in [3.8, 4) is 17.6 Å². The Morgan fingerprint density at radius 3 is 2.00 bits per heavy atom. The number of rotatable bonds is 11. The number of nitriles is 1. The second kappa shape index (κ2) is 13.8. The lowest BCUT2D eigenvalue weighted by atomic mass is 10.1. The van der Waals surface area contributed by atoms with Crippen LogP contribution in [0.1, 0.15) is 22.3 Å². The lowest BCUT2D eigenvalue weighted by Crippen LogP contribution is -2.30. The van der Waals surface area contributed by atoms with E-state index >= 15 is 0 Å². The van der Waals surface area contributed by atoms with Crippen molar-refractivity contribution < 1.29 is 22.7 Å². The van der Waals surface area contributed by atoms with Crippen molar-refractivity contribution in [3.05, 3.63) is 130 Å². The average molecular weight is 640 g/mol. The minimum absolute atomic E-state index is 0.00816. The fourth-order valence-electron chi connectivity index (χ4n) is 4.93. The number of hydrogen-bond donors (Lipinski definition) is 1. The van der Waals surface area contributed by atoms with E-state index in [9.17, 15) is 18.5 Å². The molecule has 0 fully saturated rings. The number of fused-ring (bicyclic) bond motifs is 1. The SMILES string of the molecule is COc1ccc(CN(Cc2ccc(OC)cc2)S(=O)(=O)c2cc(NC(=O)Cc3ccccc3Cl)cc3ccc(C#N)cc23)cc1. The first kappa shape index (κ1) is 31.5. The summed E-state index contributed by atoms with van der Waals surface area (Å²) in [4.78, 5) is 13.0. The first-order chi connectivity index (χ1) is 21.7. The van der Waals surface area contributed by atoms with Crippen LogP contribution in [0.25, 0.3) is 10.8 Å². The lowest BCUT2D eigenvalue weighted by Gasteiger charge is -2.24. The van der Waals surface area contributed by atoms with Crippen molar-refractivity contribution in [3.63, 3.8) is 0 Å². The van der Waals surface area contributed by atoms with Gasteiger partial charge in [0.25, 0.3) is 0 Å². The summed E-state index contributed by atoms with van der Waals surface area (Å²) in [5.41, 5.74) is 2.76. The number of anilines is 1. The van der Waals surface area contributed by atoms with Gasteiger partial charge in [0.1, 0.15) is 11.5 Å². The molecule has 0 spiro atoms. The molecule has 0 unspecified atom stereocenters. The Hall–Kier alpha value is -4.88. The van der Waals surface area contributed by atoms with Gasteiger partial charge >= 0.3 is 0 Å². The van der Waals surface area contributed by atoms with Crippen LogP contribution in [0.2, 0.25) is 5.02 Å². The quantitative estimate of drug-likeness (QED) is 0.167. The van der Waals surface area contributed by atoms with Crippen molar-refractivity contribution in [1.82, 2.24) is 4.31 Å². The molecular weight excluding hydrogens is 610 g/mol. The van der Waals surface area contributed by atoms with Crippen LogP contribution in [0.3, 0.4) is 0 Å². The Kier molecular flexibility index (Phi) is 9.69. The predicted molar refractivity (Wildman–Crippen MR) is 175 cm³/mol. The zero-order chi connectivity index (χ0) is 32.0. The van der Waals surface area contributed by atoms with Crippen LogP contribution in [0.5, 0.6) is 11.5 Å². The maximum Gasteiger partial charge on any atom is 0.244 e. The number of sulfonamides is 1. The van der Waals surface area contributed by atoms with E-state index in [1.165, 1.54) is 10.4 Å². The number of halogens is 1. The molecule has 1 N–H and O–H groups in total. The van der Waals surface area contributed by atoms with E-state index in [0.717, 1.165) is 11.1 Å². The maximum atomic E-state index is 14.6. The van der Waals surface area contributed by atoms with Gasteiger partial charge in [0.2, 0.25) is 15.9 Å². The minimum Gasteiger partial charge on any atom is -0.497 e. The molecule has 0 heterocycles. The molecule has 0 aliphatic carbocycles. The lowest BCUT2D eigenvalue weighted by molar-refractivity contribution is -0.115. The molecule has 5 aromatic carbocycles. The Morgan fingerprint density at radius 2 is 1.44 bits per heavy atom.